The summed E-state index contributed by atoms with van der Waals surface area (Å²) in [4.78, 5) is 37.3. The molecule has 0 heterocycles. The monoisotopic (exact) mass is 543 g/mol. The Kier molecular flexibility index (Phi) is 17.3. The summed E-state index contributed by atoms with van der Waals surface area (Å²) >= 11 is 0. The molecule has 1 unspecified atom stereocenters. The minimum Gasteiger partial charge on any atom is -0.464 e. The molecule has 1 N–H and O–H groups in total. The van der Waals surface area contributed by atoms with Gasteiger partial charge in [-0.1, -0.05) is 79.1 Å². The molecule has 218 valence electrons. The van der Waals surface area contributed by atoms with Gasteiger partial charge in [-0.3, -0.25) is 4.79 Å². The van der Waals surface area contributed by atoms with Crippen LogP contribution in [0.2, 0.25) is 18.1 Å². The minimum atomic E-state index is -1.81. The lowest BCUT2D eigenvalue weighted by molar-refractivity contribution is -0.168. The summed E-state index contributed by atoms with van der Waals surface area (Å²) < 4.78 is 17.1. The van der Waals surface area contributed by atoms with Gasteiger partial charge in [0.25, 0.3) is 0 Å². The van der Waals surface area contributed by atoms with Gasteiger partial charge in [0, 0.05) is 13.0 Å². The molecule has 1 amide bonds. The van der Waals surface area contributed by atoms with E-state index in [0.717, 1.165) is 38.5 Å². The maximum absolute atomic E-state index is 12.7. The summed E-state index contributed by atoms with van der Waals surface area (Å²) in [6.07, 6.45) is 12.3. The highest BCUT2D eigenvalue weighted by Gasteiger charge is 2.49. The first-order valence-corrected chi connectivity index (χ1v) is 17.5. The normalized spacial score (nSPS) is 13.2. The predicted octanol–water partition coefficient (Wildman–Crippen LogP) is 7.08. The molecule has 0 aromatic rings. The lowest BCUT2D eigenvalue weighted by atomic mass is 9.91. The smallest absolute Gasteiger partial charge is 0.343 e. The van der Waals surface area contributed by atoms with E-state index in [1.54, 1.807) is 13.8 Å². The van der Waals surface area contributed by atoms with Crippen LogP contribution in [0.4, 0.5) is 0 Å². The first-order valence-electron chi connectivity index (χ1n) is 14.6. The molecule has 0 rings (SSSR count). The number of hydrogen-bond donors (Lipinski definition) is 1. The highest BCUT2D eigenvalue weighted by molar-refractivity contribution is 6.74. The van der Waals surface area contributed by atoms with E-state index >= 15 is 0 Å². The average molecular weight is 544 g/mol. The quantitative estimate of drug-likeness (QED) is 0.0763. The van der Waals surface area contributed by atoms with Gasteiger partial charge in [-0.2, -0.15) is 0 Å². The van der Waals surface area contributed by atoms with E-state index < -0.39 is 31.7 Å². The number of nitrogens with one attached hydrogen (secondary N) is 1. The van der Waals surface area contributed by atoms with Crippen LogP contribution >= 0.6 is 0 Å². The number of amides is 1. The van der Waals surface area contributed by atoms with Crippen LogP contribution in [0.1, 0.15) is 126 Å². The Bertz CT molecular complexity index is 656. The molecule has 0 aromatic heterocycles. The van der Waals surface area contributed by atoms with Crippen LogP contribution in [0.3, 0.4) is 0 Å². The van der Waals surface area contributed by atoms with E-state index in [1.807, 2.05) is 0 Å². The topological polar surface area (TPSA) is 90.9 Å². The lowest BCUT2D eigenvalue weighted by Gasteiger charge is -2.39. The van der Waals surface area contributed by atoms with E-state index in [9.17, 15) is 14.4 Å². The van der Waals surface area contributed by atoms with Crippen molar-refractivity contribution in [3.8, 4) is 0 Å². The zero-order valence-corrected chi connectivity index (χ0v) is 26.4. The van der Waals surface area contributed by atoms with Crippen molar-refractivity contribution in [1.82, 2.24) is 5.32 Å². The van der Waals surface area contributed by atoms with Crippen LogP contribution in [-0.4, -0.2) is 51.0 Å². The number of ether oxygens (including phenoxy) is 2. The molecule has 1 atom stereocenters. The summed E-state index contributed by atoms with van der Waals surface area (Å²) in [7, 11) is -1.81. The second kappa shape index (κ2) is 18.0. The van der Waals surface area contributed by atoms with Crippen LogP contribution in [0.25, 0.3) is 0 Å². The zero-order chi connectivity index (χ0) is 28.5. The van der Waals surface area contributed by atoms with Gasteiger partial charge in [-0.25, -0.2) is 9.59 Å². The Morgan fingerprint density at radius 3 is 1.65 bits per heavy atom. The van der Waals surface area contributed by atoms with Crippen molar-refractivity contribution in [2.45, 2.75) is 155 Å². The van der Waals surface area contributed by atoms with Gasteiger partial charge in [0.1, 0.15) is 0 Å². The first-order chi connectivity index (χ1) is 17.3. The van der Waals surface area contributed by atoms with Crippen LogP contribution in [-0.2, 0) is 28.3 Å². The molecule has 0 fully saturated rings. The van der Waals surface area contributed by atoms with E-state index in [1.165, 1.54) is 32.6 Å². The molecule has 0 saturated heterocycles. The van der Waals surface area contributed by atoms with E-state index in [-0.39, 0.29) is 24.7 Å². The van der Waals surface area contributed by atoms with Gasteiger partial charge in [-0.15, -0.1) is 0 Å². The van der Waals surface area contributed by atoms with Crippen molar-refractivity contribution in [1.29, 1.82) is 0 Å². The fourth-order valence-corrected chi connectivity index (χ4v) is 5.63. The SMILES string of the molecule is CCCCCCC(CCCCCCCC(NC(C)=O)(C(=O)OCC)C(=O)OCC)O[Si](C)(C)C(C)(C)C. The summed E-state index contributed by atoms with van der Waals surface area (Å²) in [5, 5.41) is 2.74. The first kappa shape index (κ1) is 35.6. The molecule has 0 spiro atoms. The minimum absolute atomic E-state index is 0.121. The average Bonchev–Trinajstić information content (AvgIpc) is 2.79. The highest BCUT2D eigenvalue weighted by atomic mass is 28.4. The summed E-state index contributed by atoms with van der Waals surface area (Å²) in [6, 6.07) is 0. The third kappa shape index (κ3) is 13.3. The standard InChI is InChI=1S/C29H57NO6Si/c1-10-13-14-18-21-25(36-37(8,9)28(5,6)7)22-19-16-15-17-20-23-29(30-24(4)31,26(32)34-11-2)27(33)35-12-3/h25H,10-23H2,1-9H3,(H,30,31). The Morgan fingerprint density at radius 1 is 0.757 bits per heavy atom. The molecule has 0 radical (unpaired) electrons. The molecule has 0 aliphatic heterocycles. The van der Waals surface area contributed by atoms with Gasteiger partial charge in [0.05, 0.1) is 13.2 Å². The van der Waals surface area contributed by atoms with Gasteiger partial charge in [-0.05, 0) is 57.7 Å². The molecule has 0 aromatic carbocycles. The lowest BCUT2D eigenvalue weighted by Crippen LogP contribution is -2.61. The largest absolute Gasteiger partial charge is 0.464 e. The van der Waals surface area contributed by atoms with E-state index in [0.29, 0.717) is 12.5 Å². The molecular formula is C29H57NO6Si. The van der Waals surface area contributed by atoms with Crippen molar-refractivity contribution in [2.75, 3.05) is 13.2 Å². The second-order valence-electron chi connectivity index (χ2n) is 11.7. The second-order valence-corrected chi connectivity index (χ2v) is 16.4. The maximum atomic E-state index is 12.7. The highest BCUT2D eigenvalue weighted by Crippen LogP contribution is 2.38. The molecule has 7 nitrogen and oxygen atoms in total. The third-order valence-corrected chi connectivity index (χ3v) is 11.9. The summed E-state index contributed by atoms with van der Waals surface area (Å²) in [6.45, 7) is 18.7. The van der Waals surface area contributed by atoms with Crippen molar-refractivity contribution in [3.05, 3.63) is 0 Å². The van der Waals surface area contributed by atoms with E-state index in [2.05, 4.69) is 46.1 Å². The van der Waals surface area contributed by atoms with Crippen LogP contribution in [0.5, 0.6) is 0 Å². The van der Waals surface area contributed by atoms with Gasteiger partial charge in [0.15, 0.2) is 8.32 Å². The molecule has 0 saturated carbocycles. The Morgan fingerprint density at radius 2 is 1.22 bits per heavy atom. The van der Waals surface area contributed by atoms with Crippen LogP contribution in [0.15, 0.2) is 0 Å². The van der Waals surface area contributed by atoms with Crippen molar-refractivity contribution in [3.63, 3.8) is 0 Å². The molecule has 0 bridgehead atoms. The Labute approximate surface area is 228 Å². The molecule has 8 heteroatoms. The molecule has 0 aliphatic rings. The number of hydrogen-bond acceptors (Lipinski definition) is 6. The molecule has 37 heavy (non-hydrogen) atoms. The fraction of sp³-hybridized carbons (Fsp3) is 0.897. The zero-order valence-electron chi connectivity index (χ0n) is 25.4. The number of rotatable bonds is 20. The van der Waals surface area contributed by atoms with E-state index in [4.69, 9.17) is 13.9 Å². The molecular weight excluding hydrogens is 486 g/mol. The van der Waals surface area contributed by atoms with Crippen molar-refractivity contribution < 1.29 is 28.3 Å². The number of unbranched alkanes of at least 4 members (excludes halogenated alkanes) is 7. The van der Waals surface area contributed by atoms with Gasteiger partial charge in [0.2, 0.25) is 11.4 Å². The number of esters is 2. The predicted molar refractivity (Wildman–Crippen MR) is 153 cm³/mol. The number of carbonyl (C=O) groups is 3. The number of carbonyl (C=O) groups excluding carboxylic acids is 3. The van der Waals surface area contributed by atoms with Gasteiger partial charge < -0.3 is 19.2 Å². The van der Waals surface area contributed by atoms with Crippen LogP contribution in [0, 0.1) is 0 Å². The summed E-state index contributed by atoms with van der Waals surface area (Å²) in [5.41, 5.74) is -1.78. The summed E-state index contributed by atoms with van der Waals surface area (Å²) in [5.74, 6) is -1.97. The fourth-order valence-electron chi connectivity index (χ4n) is 4.21. The van der Waals surface area contributed by atoms with Crippen LogP contribution < -0.4 is 5.32 Å². The van der Waals surface area contributed by atoms with Gasteiger partial charge >= 0.3 is 11.9 Å². The van der Waals surface area contributed by atoms with Crippen molar-refractivity contribution >= 4 is 26.2 Å². The maximum Gasteiger partial charge on any atom is 0.343 e. The van der Waals surface area contributed by atoms with Crippen molar-refractivity contribution in [2.24, 2.45) is 0 Å². The Balaban J connectivity index is 4.92. The molecule has 0 aliphatic carbocycles. The third-order valence-electron chi connectivity index (χ3n) is 7.36. The Hall–Kier alpha value is -1.41.